The lowest BCUT2D eigenvalue weighted by Gasteiger charge is -2.13. The number of aryl methyl sites for hydroxylation is 2. The number of ether oxygens (including phenoxy) is 1. The largest absolute Gasteiger partial charge is 0.466 e. The van der Waals surface area contributed by atoms with Crippen LogP contribution in [0.4, 0.5) is 5.69 Å². The molecule has 1 aromatic heterocycles. The van der Waals surface area contributed by atoms with E-state index in [4.69, 9.17) is 14.9 Å². The molecule has 0 bridgehead atoms. The van der Waals surface area contributed by atoms with Crippen molar-refractivity contribution in [2.24, 2.45) is 11.8 Å². The first-order valence-corrected chi connectivity index (χ1v) is 9.40. The molecule has 2 aliphatic carbocycles. The molecule has 0 saturated heterocycles. The SMILES string of the molecule is Cc1cc(-c2cc(N)c(C#N)c3c2C(=C(C2CC2)C2CC2)C(=O)O3)c(C)o1. The molecule has 27 heavy (non-hydrogen) atoms. The van der Waals surface area contributed by atoms with Gasteiger partial charge in [-0.25, -0.2) is 4.79 Å². The number of anilines is 1. The lowest BCUT2D eigenvalue weighted by atomic mass is 9.87. The van der Waals surface area contributed by atoms with Crippen LogP contribution in [0.25, 0.3) is 16.7 Å². The van der Waals surface area contributed by atoms with Gasteiger partial charge in [-0.2, -0.15) is 5.26 Å². The van der Waals surface area contributed by atoms with Crippen LogP contribution in [0.5, 0.6) is 5.75 Å². The highest BCUT2D eigenvalue weighted by Gasteiger charge is 2.45. The number of rotatable bonds is 3. The number of esters is 1. The number of allylic oxidation sites excluding steroid dienone is 1. The lowest BCUT2D eigenvalue weighted by Crippen LogP contribution is -2.06. The fourth-order valence-corrected chi connectivity index (χ4v) is 4.29. The molecule has 2 saturated carbocycles. The van der Waals surface area contributed by atoms with Crippen LogP contribution in [0.2, 0.25) is 0 Å². The Bertz CT molecular complexity index is 1060. The quantitative estimate of drug-likeness (QED) is 0.376. The Kier molecular flexibility index (Phi) is 3.30. The van der Waals surface area contributed by atoms with Gasteiger partial charge in [-0.05, 0) is 74.6 Å². The molecule has 0 unspecified atom stereocenters. The highest BCUT2D eigenvalue weighted by molar-refractivity contribution is 6.25. The number of nitrogens with zero attached hydrogens (tertiary/aromatic N) is 1. The molecule has 5 nitrogen and oxygen atoms in total. The summed E-state index contributed by atoms with van der Waals surface area (Å²) in [5.74, 6) is 2.45. The highest BCUT2D eigenvalue weighted by atomic mass is 16.5. The second-order valence-electron chi connectivity index (χ2n) is 7.80. The van der Waals surface area contributed by atoms with Gasteiger partial charge >= 0.3 is 5.97 Å². The van der Waals surface area contributed by atoms with E-state index < -0.39 is 0 Å². The molecule has 2 aromatic rings. The van der Waals surface area contributed by atoms with E-state index in [1.54, 1.807) is 6.07 Å². The highest BCUT2D eigenvalue weighted by Crippen LogP contribution is 2.56. The molecule has 2 N–H and O–H groups in total. The van der Waals surface area contributed by atoms with Crippen LogP contribution in [0.1, 0.15) is 48.3 Å². The Morgan fingerprint density at radius 2 is 1.81 bits per heavy atom. The zero-order chi connectivity index (χ0) is 18.9. The molecule has 0 spiro atoms. The topological polar surface area (TPSA) is 89.2 Å². The third-order valence-corrected chi connectivity index (χ3v) is 5.73. The molecule has 2 fully saturated rings. The number of fused-ring (bicyclic) bond motifs is 1. The Labute approximate surface area is 157 Å². The molecule has 1 aromatic carbocycles. The molecule has 2 heterocycles. The first kappa shape index (κ1) is 16.2. The minimum absolute atomic E-state index is 0.237. The second-order valence-corrected chi connectivity index (χ2v) is 7.80. The number of nitriles is 1. The average molecular weight is 360 g/mol. The van der Waals surface area contributed by atoms with E-state index in [-0.39, 0.29) is 11.5 Å². The number of hydrogen-bond donors (Lipinski definition) is 1. The standard InChI is InChI=1S/C22H20N2O3/c1-10-7-14(11(2)26-10)15-8-17(24)16(9-23)21-19(15)20(22(25)27-21)18(12-3-4-12)13-5-6-13/h7-8,12-13H,3-6,24H2,1-2H3. The molecule has 0 radical (unpaired) electrons. The van der Waals surface area contributed by atoms with E-state index in [9.17, 15) is 10.1 Å². The first-order chi connectivity index (χ1) is 13.0. The minimum atomic E-state index is -0.347. The smallest absolute Gasteiger partial charge is 0.344 e. The summed E-state index contributed by atoms with van der Waals surface area (Å²) in [4.78, 5) is 12.9. The minimum Gasteiger partial charge on any atom is -0.466 e. The molecule has 136 valence electrons. The summed E-state index contributed by atoms with van der Waals surface area (Å²) in [6.45, 7) is 3.79. The first-order valence-electron chi connectivity index (χ1n) is 9.40. The van der Waals surface area contributed by atoms with Gasteiger partial charge in [0.15, 0.2) is 5.75 Å². The van der Waals surface area contributed by atoms with Gasteiger partial charge in [-0.1, -0.05) is 0 Å². The van der Waals surface area contributed by atoms with E-state index in [2.05, 4.69) is 6.07 Å². The summed E-state index contributed by atoms with van der Waals surface area (Å²) in [6, 6.07) is 5.85. The van der Waals surface area contributed by atoms with Crippen LogP contribution in [0, 0.1) is 37.0 Å². The van der Waals surface area contributed by atoms with Crippen LogP contribution >= 0.6 is 0 Å². The van der Waals surface area contributed by atoms with Gasteiger partial charge in [0, 0.05) is 11.1 Å². The van der Waals surface area contributed by atoms with Gasteiger partial charge in [0.05, 0.1) is 11.3 Å². The summed E-state index contributed by atoms with van der Waals surface area (Å²) in [5, 5.41) is 9.60. The van der Waals surface area contributed by atoms with Gasteiger partial charge in [0.25, 0.3) is 0 Å². The Morgan fingerprint density at radius 1 is 1.15 bits per heavy atom. The molecule has 0 amide bonds. The zero-order valence-electron chi connectivity index (χ0n) is 15.4. The van der Waals surface area contributed by atoms with Crippen molar-refractivity contribution >= 4 is 17.2 Å². The maximum atomic E-state index is 12.9. The number of hydrogen-bond acceptors (Lipinski definition) is 5. The molecule has 5 heteroatoms. The van der Waals surface area contributed by atoms with E-state index in [0.717, 1.165) is 53.9 Å². The number of carbonyl (C=O) groups excluding carboxylic acids is 1. The molecule has 5 rings (SSSR count). The molecule has 3 aliphatic rings. The third-order valence-electron chi connectivity index (χ3n) is 5.73. The number of nitrogens with two attached hydrogens (primary N) is 1. The molecular weight excluding hydrogens is 340 g/mol. The summed E-state index contributed by atoms with van der Waals surface area (Å²) < 4.78 is 11.4. The van der Waals surface area contributed by atoms with Gasteiger partial charge < -0.3 is 14.9 Å². The van der Waals surface area contributed by atoms with E-state index in [0.29, 0.717) is 28.8 Å². The number of carbonyl (C=O) groups is 1. The van der Waals surface area contributed by atoms with Crippen LogP contribution in [0.15, 0.2) is 22.1 Å². The van der Waals surface area contributed by atoms with Crippen LogP contribution < -0.4 is 10.5 Å². The van der Waals surface area contributed by atoms with Crippen LogP contribution in [-0.4, -0.2) is 5.97 Å². The Morgan fingerprint density at radius 3 is 2.33 bits per heavy atom. The van der Waals surface area contributed by atoms with E-state index in [1.807, 2.05) is 19.9 Å². The van der Waals surface area contributed by atoms with Gasteiger partial charge in [0.1, 0.15) is 23.2 Å². The van der Waals surface area contributed by atoms with E-state index >= 15 is 0 Å². The van der Waals surface area contributed by atoms with Crippen molar-refractivity contribution in [2.75, 3.05) is 5.73 Å². The van der Waals surface area contributed by atoms with Gasteiger partial charge in [0.2, 0.25) is 0 Å². The van der Waals surface area contributed by atoms with Crippen molar-refractivity contribution in [2.45, 2.75) is 39.5 Å². The number of benzene rings is 1. The van der Waals surface area contributed by atoms with E-state index in [1.165, 1.54) is 5.57 Å². The predicted octanol–water partition coefficient (Wildman–Crippen LogP) is 4.51. The van der Waals surface area contributed by atoms with Crippen LogP contribution in [0.3, 0.4) is 0 Å². The van der Waals surface area contributed by atoms with Crippen molar-refractivity contribution in [3.05, 3.63) is 40.4 Å². The zero-order valence-corrected chi connectivity index (χ0v) is 15.4. The maximum absolute atomic E-state index is 12.9. The fourth-order valence-electron chi connectivity index (χ4n) is 4.29. The Balaban J connectivity index is 1.86. The third kappa shape index (κ3) is 2.40. The second kappa shape index (κ2) is 5.50. The Hall–Kier alpha value is -3.00. The van der Waals surface area contributed by atoms with Gasteiger partial charge in [-0.3, -0.25) is 0 Å². The predicted molar refractivity (Wildman–Crippen MR) is 101 cm³/mol. The molecule has 1 aliphatic heterocycles. The molecular formula is C22H20N2O3. The van der Waals surface area contributed by atoms with Gasteiger partial charge in [-0.15, -0.1) is 0 Å². The normalized spacial score (nSPS) is 18.3. The van der Waals surface area contributed by atoms with Crippen molar-refractivity contribution in [3.63, 3.8) is 0 Å². The van der Waals surface area contributed by atoms with Crippen molar-refractivity contribution in [1.82, 2.24) is 0 Å². The summed E-state index contributed by atoms with van der Waals surface area (Å²) in [5.41, 5.74) is 11.0. The lowest BCUT2D eigenvalue weighted by molar-refractivity contribution is -0.127. The fraction of sp³-hybridized carbons (Fsp3) is 0.364. The molecule has 0 atom stereocenters. The monoisotopic (exact) mass is 360 g/mol. The van der Waals surface area contributed by atoms with Crippen molar-refractivity contribution in [3.8, 4) is 22.9 Å². The number of furan rings is 1. The summed E-state index contributed by atoms with van der Waals surface area (Å²) in [7, 11) is 0. The van der Waals surface area contributed by atoms with Crippen molar-refractivity contribution < 1.29 is 13.9 Å². The average Bonchev–Trinajstić information content (AvgIpc) is 3.53. The summed E-state index contributed by atoms with van der Waals surface area (Å²) in [6.07, 6.45) is 4.49. The van der Waals surface area contributed by atoms with Crippen molar-refractivity contribution in [1.29, 1.82) is 5.26 Å². The number of nitrogen functional groups attached to an aromatic ring is 1. The van der Waals surface area contributed by atoms with Crippen LogP contribution in [-0.2, 0) is 4.79 Å². The maximum Gasteiger partial charge on any atom is 0.344 e. The summed E-state index contributed by atoms with van der Waals surface area (Å²) >= 11 is 0.